The van der Waals surface area contributed by atoms with E-state index in [-0.39, 0.29) is 22.1 Å². The number of rotatable bonds is 5. The fraction of sp³-hybridized carbons (Fsp3) is 0.133. The zero-order valence-corrected chi connectivity index (χ0v) is 15.0. The van der Waals surface area contributed by atoms with E-state index < -0.39 is 32.4 Å². The van der Waals surface area contributed by atoms with Gasteiger partial charge in [-0.15, -0.1) is 0 Å². The number of nitro groups is 1. The largest absolute Gasteiger partial charge is 0.456 e. The highest BCUT2D eigenvalue weighted by Crippen LogP contribution is 2.37. The molecule has 0 amide bonds. The first-order valence-corrected chi connectivity index (χ1v) is 9.18. The Hall–Kier alpha value is -2.66. The van der Waals surface area contributed by atoms with Gasteiger partial charge in [-0.05, 0) is 30.3 Å². The molecule has 0 saturated heterocycles. The van der Waals surface area contributed by atoms with Crippen molar-refractivity contribution < 1.29 is 31.2 Å². The fourth-order valence-corrected chi connectivity index (χ4v) is 2.43. The van der Waals surface area contributed by atoms with E-state index in [4.69, 9.17) is 16.3 Å². The van der Waals surface area contributed by atoms with Crippen LogP contribution in [0.3, 0.4) is 0 Å². The summed E-state index contributed by atoms with van der Waals surface area (Å²) < 4.78 is 68.7. The zero-order chi connectivity index (χ0) is 20.4. The molecule has 2 aromatic carbocycles. The molecule has 0 bridgehead atoms. The van der Waals surface area contributed by atoms with Crippen molar-refractivity contribution in [2.24, 2.45) is 4.40 Å². The highest BCUT2D eigenvalue weighted by atomic mass is 35.5. The Kier molecular flexibility index (Phi) is 5.76. The first kappa shape index (κ1) is 20.6. The molecule has 0 atom stereocenters. The summed E-state index contributed by atoms with van der Waals surface area (Å²) in [5, 5.41) is 10.7. The van der Waals surface area contributed by atoms with Crippen LogP contribution in [0.15, 0.2) is 40.8 Å². The molecule has 12 heteroatoms. The van der Waals surface area contributed by atoms with Gasteiger partial charge in [0, 0.05) is 6.07 Å². The van der Waals surface area contributed by atoms with Crippen molar-refractivity contribution in [3.63, 3.8) is 0 Å². The normalized spacial score (nSPS) is 12.3. The van der Waals surface area contributed by atoms with Gasteiger partial charge >= 0.3 is 6.18 Å². The van der Waals surface area contributed by atoms with E-state index in [1.807, 2.05) is 0 Å². The number of sulfonamides is 1. The van der Waals surface area contributed by atoms with E-state index in [2.05, 4.69) is 4.40 Å². The summed E-state index contributed by atoms with van der Waals surface area (Å²) in [5.41, 5.74) is -1.58. The van der Waals surface area contributed by atoms with E-state index in [1.165, 1.54) is 6.07 Å². The molecule has 27 heavy (non-hydrogen) atoms. The second-order valence-corrected chi connectivity index (χ2v) is 7.27. The van der Waals surface area contributed by atoms with Crippen LogP contribution in [0.5, 0.6) is 11.5 Å². The lowest BCUT2D eigenvalue weighted by atomic mass is 10.2. The molecule has 7 nitrogen and oxygen atoms in total. The second kappa shape index (κ2) is 7.53. The maximum Gasteiger partial charge on any atom is 0.416 e. The molecule has 2 aromatic rings. The average molecular weight is 423 g/mol. The Labute approximate surface area is 156 Å². The Morgan fingerprint density at radius 3 is 2.41 bits per heavy atom. The third-order valence-electron chi connectivity index (χ3n) is 3.07. The van der Waals surface area contributed by atoms with E-state index in [9.17, 15) is 31.7 Å². The van der Waals surface area contributed by atoms with Crippen LogP contribution in [-0.2, 0) is 16.2 Å². The first-order valence-electron chi connectivity index (χ1n) is 6.95. The van der Waals surface area contributed by atoms with Gasteiger partial charge in [-0.1, -0.05) is 11.6 Å². The summed E-state index contributed by atoms with van der Waals surface area (Å²) in [7, 11) is -3.78. The van der Waals surface area contributed by atoms with Crippen molar-refractivity contribution in [1.82, 2.24) is 0 Å². The molecule has 0 heterocycles. The predicted octanol–water partition coefficient (Wildman–Crippen LogP) is 4.44. The molecule has 0 aliphatic rings. The molecular formula is C15H10ClF3N2O5S. The number of ether oxygens (including phenoxy) is 1. The van der Waals surface area contributed by atoms with Gasteiger partial charge in [0.25, 0.3) is 5.69 Å². The molecule has 0 saturated carbocycles. The molecule has 0 radical (unpaired) electrons. The maximum atomic E-state index is 12.7. The van der Waals surface area contributed by atoms with Gasteiger partial charge in [-0.2, -0.15) is 17.6 Å². The van der Waals surface area contributed by atoms with Crippen LogP contribution in [0.2, 0.25) is 5.02 Å². The van der Waals surface area contributed by atoms with E-state index in [1.54, 1.807) is 0 Å². The Morgan fingerprint density at radius 1 is 1.22 bits per heavy atom. The average Bonchev–Trinajstić information content (AvgIpc) is 2.53. The van der Waals surface area contributed by atoms with Crippen LogP contribution in [0.25, 0.3) is 0 Å². The lowest BCUT2D eigenvalue weighted by Gasteiger charge is -2.11. The summed E-state index contributed by atoms with van der Waals surface area (Å²) in [6.45, 7) is 0. The van der Waals surface area contributed by atoms with Gasteiger partial charge in [0.1, 0.15) is 11.5 Å². The topological polar surface area (TPSA) is 98.9 Å². The van der Waals surface area contributed by atoms with Crippen molar-refractivity contribution in [2.75, 3.05) is 6.26 Å². The highest BCUT2D eigenvalue weighted by molar-refractivity contribution is 7.89. The third-order valence-corrected chi connectivity index (χ3v) is 3.85. The number of benzene rings is 2. The van der Waals surface area contributed by atoms with Crippen LogP contribution in [0, 0.1) is 10.1 Å². The molecule has 0 spiro atoms. The second-order valence-electron chi connectivity index (χ2n) is 5.19. The number of hydrogen-bond donors (Lipinski definition) is 0. The van der Waals surface area contributed by atoms with Crippen LogP contribution in [0.4, 0.5) is 18.9 Å². The molecule has 0 aliphatic heterocycles. The minimum Gasteiger partial charge on any atom is -0.456 e. The molecule has 0 fully saturated rings. The van der Waals surface area contributed by atoms with Gasteiger partial charge in [-0.25, -0.2) is 8.42 Å². The van der Waals surface area contributed by atoms with Crippen molar-refractivity contribution in [1.29, 1.82) is 0 Å². The van der Waals surface area contributed by atoms with Crippen molar-refractivity contribution >= 4 is 33.5 Å². The van der Waals surface area contributed by atoms with Crippen molar-refractivity contribution in [2.45, 2.75) is 6.18 Å². The minimum atomic E-state index is -4.58. The lowest BCUT2D eigenvalue weighted by Crippen LogP contribution is -2.04. The smallest absolute Gasteiger partial charge is 0.416 e. The Bertz CT molecular complexity index is 1020. The van der Waals surface area contributed by atoms with Gasteiger partial charge in [-0.3, -0.25) is 10.1 Å². The number of hydrogen-bond acceptors (Lipinski definition) is 5. The molecule has 2 rings (SSSR count). The molecule has 0 N–H and O–H groups in total. The quantitative estimate of drug-likeness (QED) is 0.403. The molecule has 0 unspecified atom stereocenters. The first-order chi connectivity index (χ1) is 12.4. The van der Waals surface area contributed by atoms with Gasteiger partial charge in [0.15, 0.2) is 0 Å². The zero-order valence-electron chi connectivity index (χ0n) is 13.4. The summed E-state index contributed by atoms with van der Waals surface area (Å²) >= 11 is 5.79. The molecule has 0 aromatic heterocycles. The fourth-order valence-electron chi connectivity index (χ4n) is 1.91. The molecule has 0 aliphatic carbocycles. The predicted molar refractivity (Wildman–Crippen MR) is 92.1 cm³/mol. The van der Waals surface area contributed by atoms with Crippen molar-refractivity contribution in [3.8, 4) is 11.5 Å². The summed E-state index contributed by atoms with van der Waals surface area (Å²) in [4.78, 5) is 10.3. The number of halogens is 4. The summed E-state index contributed by atoms with van der Waals surface area (Å²) in [6, 6.07) is 5.77. The summed E-state index contributed by atoms with van der Waals surface area (Å²) in [5.74, 6) is -0.137. The van der Waals surface area contributed by atoms with Crippen LogP contribution >= 0.6 is 11.6 Å². The standard InChI is InChI=1S/C15H10ClF3N2O5S/c1-27(24,25)20-8-9-6-11(3-4-13(9)21(22)23)26-14-5-2-10(7-12(14)16)15(17,18)19/h2-8H,1H3. The van der Waals surface area contributed by atoms with Crippen LogP contribution in [0.1, 0.15) is 11.1 Å². The van der Waals surface area contributed by atoms with E-state index in [0.29, 0.717) is 6.07 Å². The Morgan fingerprint density at radius 2 is 1.89 bits per heavy atom. The van der Waals surface area contributed by atoms with Crippen LogP contribution < -0.4 is 4.74 Å². The van der Waals surface area contributed by atoms with Crippen molar-refractivity contribution in [3.05, 3.63) is 62.7 Å². The van der Waals surface area contributed by atoms with E-state index in [0.717, 1.165) is 36.7 Å². The van der Waals surface area contributed by atoms with Gasteiger partial charge in [0.2, 0.25) is 10.0 Å². The number of alkyl halides is 3. The monoisotopic (exact) mass is 422 g/mol. The number of nitro benzene ring substituents is 1. The van der Waals surface area contributed by atoms with E-state index >= 15 is 0 Å². The number of nitrogens with zero attached hydrogens (tertiary/aromatic N) is 2. The summed E-state index contributed by atoms with van der Waals surface area (Å²) in [6.07, 6.45) is -3.00. The highest BCUT2D eigenvalue weighted by Gasteiger charge is 2.31. The Balaban J connectivity index is 2.40. The lowest BCUT2D eigenvalue weighted by molar-refractivity contribution is -0.385. The SMILES string of the molecule is CS(=O)(=O)N=Cc1cc(Oc2ccc(C(F)(F)F)cc2Cl)ccc1[N+](=O)[O-]. The third kappa shape index (κ3) is 5.66. The minimum absolute atomic E-state index is 0.0165. The van der Waals surface area contributed by atoms with Crippen LogP contribution in [-0.4, -0.2) is 25.8 Å². The molecular weight excluding hydrogens is 413 g/mol. The maximum absolute atomic E-state index is 12.7. The van der Waals surface area contributed by atoms with Gasteiger partial charge in [0.05, 0.1) is 33.5 Å². The molecule has 144 valence electrons. The van der Waals surface area contributed by atoms with Gasteiger partial charge < -0.3 is 4.74 Å².